The lowest BCUT2D eigenvalue weighted by Crippen LogP contribution is -2.39. The SMILES string of the molecule is C[C@@H]1CC(NC(=O)O)C[C@H](c2ccncc2NC(=O)c2ccc(F)c(-c3c(F)cc(O)cc3F)n2)C1. The number of amides is 2. The molecule has 188 valence electrons. The molecule has 2 aromatic heterocycles. The minimum absolute atomic E-state index is 0.0687. The van der Waals surface area contributed by atoms with Crippen molar-refractivity contribution >= 4 is 17.7 Å². The smallest absolute Gasteiger partial charge is 0.404 e. The molecule has 4 rings (SSSR count). The lowest BCUT2D eigenvalue weighted by Gasteiger charge is -2.34. The predicted molar refractivity (Wildman–Crippen MR) is 124 cm³/mol. The van der Waals surface area contributed by atoms with E-state index in [9.17, 15) is 27.9 Å². The molecule has 1 fully saturated rings. The standard InChI is InChI=1S/C25H23F3N4O4/c1-12-6-13(8-14(7-12)30-25(35)36)16-4-5-29-11-21(16)32-24(34)20-3-2-17(26)23(31-20)22-18(27)9-15(33)10-19(22)28/h2-5,9-14,30,33H,6-8H2,1H3,(H,32,34)(H,35,36)/t12-,13+,14?/m0/s1. The van der Waals surface area contributed by atoms with Gasteiger partial charge in [-0.25, -0.2) is 22.9 Å². The number of hydrogen-bond acceptors (Lipinski definition) is 5. The van der Waals surface area contributed by atoms with Crippen molar-refractivity contribution in [3.05, 3.63) is 71.4 Å². The molecule has 1 aliphatic rings. The number of carbonyl (C=O) groups excluding carboxylic acids is 1. The molecule has 3 atom stereocenters. The third kappa shape index (κ3) is 5.40. The van der Waals surface area contributed by atoms with Crippen LogP contribution in [0.5, 0.6) is 5.75 Å². The zero-order chi connectivity index (χ0) is 26.0. The number of carboxylic acid groups (broad SMARTS) is 1. The van der Waals surface area contributed by atoms with E-state index in [1.807, 2.05) is 6.92 Å². The summed E-state index contributed by atoms with van der Waals surface area (Å²) in [5.74, 6) is -4.79. The van der Waals surface area contributed by atoms with Gasteiger partial charge in [-0.05, 0) is 54.9 Å². The van der Waals surface area contributed by atoms with Crippen LogP contribution in [-0.2, 0) is 0 Å². The number of aromatic nitrogens is 2. The van der Waals surface area contributed by atoms with Crippen molar-refractivity contribution in [3.8, 4) is 17.0 Å². The third-order valence-electron chi connectivity index (χ3n) is 6.16. The van der Waals surface area contributed by atoms with Gasteiger partial charge in [0, 0.05) is 24.4 Å². The van der Waals surface area contributed by atoms with Crippen LogP contribution in [0, 0.1) is 23.4 Å². The highest BCUT2D eigenvalue weighted by Crippen LogP contribution is 2.39. The molecule has 0 aliphatic heterocycles. The Bertz CT molecular complexity index is 1300. The van der Waals surface area contributed by atoms with E-state index >= 15 is 0 Å². The molecule has 1 aromatic carbocycles. The Balaban J connectivity index is 1.62. The number of benzene rings is 1. The van der Waals surface area contributed by atoms with E-state index in [4.69, 9.17) is 5.11 Å². The molecule has 1 saturated carbocycles. The first-order valence-corrected chi connectivity index (χ1v) is 11.2. The van der Waals surface area contributed by atoms with Crippen molar-refractivity contribution in [2.75, 3.05) is 5.32 Å². The van der Waals surface area contributed by atoms with Crippen LogP contribution in [0.1, 0.15) is 48.2 Å². The van der Waals surface area contributed by atoms with Gasteiger partial charge in [0.15, 0.2) is 0 Å². The molecule has 3 aromatic rings. The van der Waals surface area contributed by atoms with E-state index < -0.39 is 46.5 Å². The summed E-state index contributed by atoms with van der Waals surface area (Å²) < 4.78 is 43.0. The lowest BCUT2D eigenvalue weighted by molar-refractivity contribution is 0.102. The van der Waals surface area contributed by atoms with Gasteiger partial charge in [-0.2, -0.15) is 0 Å². The molecule has 0 bridgehead atoms. The lowest BCUT2D eigenvalue weighted by atomic mass is 9.76. The van der Waals surface area contributed by atoms with Crippen LogP contribution >= 0.6 is 0 Å². The molecule has 0 radical (unpaired) electrons. The van der Waals surface area contributed by atoms with Crippen LogP contribution in [0.3, 0.4) is 0 Å². The Labute approximate surface area is 204 Å². The number of nitrogens with one attached hydrogen (secondary N) is 2. The fourth-order valence-electron chi connectivity index (χ4n) is 4.73. The second-order valence-electron chi connectivity index (χ2n) is 8.88. The maximum absolute atomic E-state index is 14.4. The Kier molecular flexibility index (Phi) is 7.09. The van der Waals surface area contributed by atoms with Crippen molar-refractivity contribution in [1.29, 1.82) is 0 Å². The number of pyridine rings is 2. The van der Waals surface area contributed by atoms with Gasteiger partial charge in [0.1, 0.15) is 34.6 Å². The first kappa shape index (κ1) is 25.0. The average Bonchev–Trinajstić information content (AvgIpc) is 2.79. The summed E-state index contributed by atoms with van der Waals surface area (Å²) in [6, 6.07) is 4.68. The largest absolute Gasteiger partial charge is 0.508 e. The number of hydrogen-bond donors (Lipinski definition) is 4. The highest BCUT2D eigenvalue weighted by molar-refractivity contribution is 6.03. The first-order valence-electron chi connectivity index (χ1n) is 11.2. The number of nitrogens with zero attached hydrogens (tertiary/aromatic N) is 2. The second-order valence-corrected chi connectivity index (χ2v) is 8.88. The number of phenols is 1. The predicted octanol–water partition coefficient (Wildman–Crippen LogP) is 5.06. The van der Waals surface area contributed by atoms with Gasteiger partial charge in [-0.3, -0.25) is 9.78 Å². The molecule has 36 heavy (non-hydrogen) atoms. The van der Waals surface area contributed by atoms with Crippen molar-refractivity contribution in [3.63, 3.8) is 0 Å². The van der Waals surface area contributed by atoms with Crippen LogP contribution in [0.25, 0.3) is 11.3 Å². The minimum atomic E-state index is -1.23. The van der Waals surface area contributed by atoms with Gasteiger partial charge >= 0.3 is 6.09 Å². The summed E-state index contributed by atoms with van der Waals surface area (Å²) in [5, 5.41) is 23.7. The van der Waals surface area contributed by atoms with Crippen molar-refractivity contribution in [2.45, 2.75) is 38.1 Å². The zero-order valence-corrected chi connectivity index (χ0v) is 19.1. The Morgan fingerprint density at radius 1 is 1.03 bits per heavy atom. The van der Waals surface area contributed by atoms with Gasteiger partial charge in [-0.1, -0.05) is 6.92 Å². The quantitative estimate of drug-likeness (QED) is 0.388. The number of carbonyl (C=O) groups is 2. The molecule has 8 nitrogen and oxygen atoms in total. The van der Waals surface area contributed by atoms with Crippen molar-refractivity contribution in [2.24, 2.45) is 5.92 Å². The molecular weight excluding hydrogens is 477 g/mol. The molecule has 0 spiro atoms. The van der Waals surface area contributed by atoms with Crippen molar-refractivity contribution < 1.29 is 33.0 Å². The number of aromatic hydroxyl groups is 1. The van der Waals surface area contributed by atoms with E-state index in [2.05, 4.69) is 20.6 Å². The van der Waals surface area contributed by atoms with E-state index in [1.54, 1.807) is 12.3 Å². The van der Waals surface area contributed by atoms with E-state index in [0.29, 0.717) is 30.7 Å². The maximum Gasteiger partial charge on any atom is 0.404 e. The van der Waals surface area contributed by atoms with Gasteiger partial charge in [0.25, 0.3) is 5.91 Å². The molecular formula is C25H23F3N4O4. The molecule has 0 saturated heterocycles. The fraction of sp³-hybridized carbons (Fsp3) is 0.280. The first-order chi connectivity index (χ1) is 17.1. The molecule has 11 heteroatoms. The Hall–Kier alpha value is -4.15. The normalized spacial score (nSPS) is 19.5. The highest BCUT2D eigenvalue weighted by atomic mass is 19.1. The average molecular weight is 500 g/mol. The monoisotopic (exact) mass is 500 g/mol. The Morgan fingerprint density at radius 2 is 1.75 bits per heavy atom. The summed E-state index contributed by atoms with van der Waals surface area (Å²) in [4.78, 5) is 32.0. The summed E-state index contributed by atoms with van der Waals surface area (Å²) >= 11 is 0. The van der Waals surface area contributed by atoms with Gasteiger partial charge < -0.3 is 20.8 Å². The van der Waals surface area contributed by atoms with Crippen LogP contribution in [-0.4, -0.2) is 38.2 Å². The minimum Gasteiger partial charge on any atom is -0.508 e. The molecule has 4 N–H and O–H groups in total. The van der Waals surface area contributed by atoms with E-state index in [0.717, 1.165) is 24.1 Å². The number of anilines is 1. The van der Waals surface area contributed by atoms with E-state index in [-0.39, 0.29) is 23.6 Å². The highest BCUT2D eigenvalue weighted by Gasteiger charge is 2.30. The van der Waals surface area contributed by atoms with Gasteiger partial charge in [0.2, 0.25) is 0 Å². The van der Waals surface area contributed by atoms with E-state index in [1.165, 1.54) is 6.20 Å². The van der Waals surface area contributed by atoms with Gasteiger partial charge in [-0.15, -0.1) is 0 Å². The third-order valence-corrected chi connectivity index (χ3v) is 6.16. The Morgan fingerprint density at radius 3 is 2.44 bits per heavy atom. The number of rotatable bonds is 5. The molecule has 1 aliphatic carbocycles. The van der Waals surface area contributed by atoms with Crippen LogP contribution in [0.15, 0.2) is 42.7 Å². The van der Waals surface area contributed by atoms with Crippen LogP contribution in [0.4, 0.5) is 23.7 Å². The summed E-state index contributed by atoms with van der Waals surface area (Å²) in [5.41, 5.74) is -0.705. The zero-order valence-electron chi connectivity index (χ0n) is 19.1. The van der Waals surface area contributed by atoms with Gasteiger partial charge in [0.05, 0.1) is 17.4 Å². The number of halogens is 3. The summed E-state index contributed by atoms with van der Waals surface area (Å²) in [6.07, 6.45) is 3.90. The molecule has 2 amide bonds. The topological polar surface area (TPSA) is 124 Å². The van der Waals surface area contributed by atoms with Crippen molar-refractivity contribution in [1.82, 2.24) is 15.3 Å². The summed E-state index contributed by atoms with van der Waals surface area (Å²) in [7, 11) is 0. The maximum atomic E-state index is 14.4. The fourth-order valence-corrected chi connectivity index (χ4v) is 4.73. The second kappa shape index (κ2) is 10.2. The van der Waals surface area contributed by atoms with Crippen LogP contribution in [0.2, 0.25) is 0 Å². The molecule has 1 unspecified atom stereocenters. The summed E-state index contributed by atoms with van der Waals surface area (Å²) in [6.45, 7) is 2.02. The molecule has 2 heterocycles. The van der Waals surface area contributed by atoms with Crippen LogP contribution < -0.4 is 10.6 Å². The number of phenolic OH excluding ortho intramolecular Hbond substituents is 1.